The van der Waals surface area contributed by atoms with Crippen molar-refractivity contribution >= 4 is 44.8 Å². The summed E-state index contributed by atoms with van der Waals surface area (Å²) in [5.74, 6) is -0.0106. The minimum Gasteiger partial charge on any atom is -0.446 e. The highest BCUT2D eigenvalue weighted by molar-refractivity contribution is 14.1. The average Bonchev–Trinajstić information content (AvgIpc) is 2.90. The fourth-order valence-electron chi connectivity index (χ4n) is 3.96. The molecule has 0 bridgehead atoms. The summed E-state index contributed by atoms with van der Waals surface area (Å²) < 4.78 is 37.3. The van der Waals surface area contributed by atoms with Crippen molar-refractivity contribution in [1.82, 2.24) is 15.4 Å². The zero-order valence-corrected chi connectivity index (χ0v) is 26.8. The van der Waals surface area contributed by atoms with Crippen molar-refractivity contribution in [2.24, 2.45) is 0 Å². The number of carbonyl (C=O) groups excluding carboxylic acids is 2. The number of nitrogens with one attached hydrogen (secondary N) is 3. The van der Waals surface area contributed by atoms with E-state index in [9.17, 15) is 18.0 Å². The van der Waals surface area contributed by atoms with Crippen LogP contribution in [0.15, 0.2) is 0 Å². The molecule has 0 aliphatic rings. The van der Waals surface area contributed by atoms with Crippen molar-refractivity contribution in [3.05, 3.63) is 0 Å². The van der Waals surface area contributed by atoms with Crippen molar-refractivity contribution in [2.75, 3.05) is 36.9 Å². The second kappa shape index (κ2) is 26.4. The van der Waals surface area contributed by atoms with E-state index in [1.54, 1.807) is 0 Å². The summed E-state index contributed by atoms with van der Waals surface area (Å²) in [5, 5.41) is 5.00. The van der Waals surface area contributed by atoms with Gasteiger partial charge in [-0.1, -0.05) is 126 Å². The lowest BCUT2D eigenvalue weighted by molar-refractivity contribution is 0.0477. The van der Waals surface area contributed by atoms with E-state index in [4.69, 9.17) is 9.47 Å². The monoisotopic (exact) mass is 675 g/mol. The molecule has 0 heterocycles. The van der Waals surface area contributed by atoms with Gasteiger partial charge in [-0.2, -0.15) is 0 Å². The van der Waals surface area contributed by atoms with Crippen molar-refractivity contribution in [2.45, 2.75) is 122 Å². The number of hydrogen-bond donors (Lipinski definition) is 3. The van der Waals surface area contributed by atoms with Gasteiger partial charge in [0.2, 0.25) is 10.0 Å². The summed E-state index contributed by atoms with van der Waals surface area (Å²) in [4.78, 5) is 23.5. The summed E-state index contributed by atoms with van der Waals surface area (Å²) in [6.45, 7) is 2.37. The Kier molecular flexibility index (Phi) is 25.8. The number of rotatable bonds is 26. The number of alkyl carbamates (subject to hydrolysis) is 2. The predicted octanol–water partition coefficient (Wildman–Crippen LogP) is 6.44. The van der Waals surface area contributed by atoms with E-state index < -0.39 is 28.3 Å². The Hall–Kier alpha value is -0.820. The van der Waals surface area contributed by atoms with Crippen LogP contribution in [0.3, 0.4) is 0 Å². The lowest BCUT2D eigenvalue weighted by Gasteiger charge is -2.18. The van der Waals surface area contributed by atoms with Gasteiger partial charge in [-0.15, -0.1) is 0 Å². The molecule has 1 unspecified atom stereocenters. The van der Waals surface area contributed by atoms with Gasteiger partial charge in [0.1, 0.15) is 6.61 Å². The third-order valence-electron chi connectivity index (χ3n) is 6.26. The van der Waals surface area contributed by atoms with Crippen LogP contribution in [0, 0.1) is 0 Å². The van der Waals surface area contributed by atoms with Gasteiger partial charge < -0.3 is 20.1 Å². The second-order valence-corrected chi connectivity index (χ2v) is 12.8. The molecule has 0 aromatic heterocycles. The summed E-state index contributed by atoms with van der Waals surface area (Å²) in [6.07, 6.45) is 19.0. The summed E-state index contributed by atoms with van der Waals surface area (Å²) in [6, 6.07) is 0. The predicted molar refractivity (Wildman–Crippen MR) is 164 cm³/mol. The first-order valence-electron chi connectivity index (χ1n) is 14.7. The molecule has 0 rings (SSSR count). The third kappa shape index (κ3) is 25.5. The van der Waals surface area contributed by atoms with E-state index in [0.717, 1.165) is 23.7 Å². The van der Waals surface area contributed by atoms with Gasteiger partial charge in [-0.3, -0.25) is 0 Å². The van der Waals surface area contributed by atoms with Gasteiger partial charge in [0.25, 0.3) is 0 Å². The quantitative estimate of drug-likeness (QED) is 0.0551. The highest BCUT2D eigenvalue weighted by atomic mass is 127. The molecule has 1 atom stereocenters. The van der Waals surface area contributed by atoms with Crippen molar-refractivity contribution in [1.29, 1.82) is 0 Å². The maximum atomic E-state index is 12.0. The van der Waals surface area contributed by atoms with Crippen LogP contribution in [0.2, 0.25) is 0 Å². The Balaban J connectivity index is 3.77. The van der Waals surface area contributed by atoms with E-state index in [2.05, 4.69) is 44.9 Å². The maximum absolute atomic E-state index is 12.0. The van der Waals surface area contributed by atoms with Crippen molar-refractivity contribution in [3.63, 3.8) is 0 Å². The van der Waals surface area contributed by atoms with E-state index in [-0.39, 0.29) is 18.9 Å². The number of hydrogen-bond acceptors (Lipinski definition) is 6. The van der Waals surface area contributed by atoms with Gasteiger partial charge in [-0.25, -0.2) is 22.7 Å². The standard InChI is InChI=1S/C27H54IN3O6S/c1-3-4-5-6-7-8-9-10-11-12-13-14-15-16-17-18-21-30-27(33)36-24-25(37-26(32)29-2)23-31-38(34,35)22-19-20-28/h25,31H,3-24H2,1-2H3,(H,29,32)(H,30,33). The fraction of sp³-hybridized carbons (Fsp3) is 0.926. The molecule has 3 N–H and O–H groups in total. The zero-order chi connectivity index (χ0) is 28.3. The summed E-state index contributed by atoms with van der Waals surface area (Å²) in [7, 11) is -2.08. The number of unbranched alkanes of at least 4 members (excludes halogenated alkanes) is 15. The molecule has 38 heavy (non-hydrogen) atoms. The van der Waals surface area contributed by atoms with Gasteiger partial charge >= 0.3 is 12.2 Å². The Morgan fingerprint density at radius 1 is 0.763 bits per heavy atom. The molecule has 0 aromatic rings. The van der Waals surface area contributed by atoms with Crippen LogP contribution in [-0.4, -0.2) is 63.6 Å². The first-order valence-corrected chi connectivity index (χ1v) is 17.8. The van der Waals surface area contributed by atoms with E-state index in [1.807, 2.05) is 0 Å². The molecule has 0 aromatic carbocycles. The largest absolute Gasteiger partial charge is 0.446 e. The molecule has 0 aliphatic heterocycles. The number of amides is 2. The second-order valence-electron chi connectivity index (χ2n) is 9.82. The van der Waals surface area contributed by atoms with E-state index in [1.165, 1.54) is 90.5 Å². The third-order valence-corrected chi connectivity index (χ3v) is 8.45. The topological polar surface area (TPSA) is 123 Å². The minimum atomic E-state index is -3.48. The van der Waals surface area contributed by atoms with Crippen LogP contribution < -0.4 is 15.4 Å². The first-order chi connectivity index (χ1) is 18.3. The van der Waals surface area contributed by atoms with Crippen LogP contribution in [0.5, 0.6) is 0 Å². The van der Waals surface area contributed by atoms with Gasteiger partial charge in [0.15, 0.2) is 6.10 Å². The van der Waals surface area contributed by atoms with Gasteiger partial charge in [-0.05, 0) is 12.8 Å². The molecule has 0 aliphatic carbocycles. The molecule has 0 spiro atoms. The number of alkyl halides is 1. The van der Waals surface area contributed by atoms with Crippen molar-refractivity contribution in [3.8, 4) is 0 Å². The molecule has 0 fully saturated rings. The molecule has 9 nitrogen and oxygen atoms in total. The smallest absolute Gasteiger partial charge is 0.407 e. The summed E-state index contributed by atoms with van der Waals surface area (Å²) in [5.41, 5.74) is 0. The molecule has 0 radical (unpaired) electrons. The Morgan fingerprint density at radius 2 is 1.26 bits per heavy atom. The minimum absolute atomic E-state index is 0.0106. The lowest BCUT2D eigenvalue weighted by Crippen LogP contribution is -2.41. The molecular weight excluding hydrogens is 621 g/mol. The van der Waals surface area contributed by atoms with Gasteiger partial charge in [0, 0.05) is 18.0 Å². The maximum Gasteiger partial charge on any atom is 0.407 e. The number of ether oxygens (including phenoxy) is 2. The molecule has 0 saturated heterocycles. The Bertz CT molecular complexity index is 682. The van der Waals surface area contributed by atoms with Crippen LogP contribution in [0.1, 0.15) is 116 Å². The summed E-state index contributed by atoms with van der Waals surface area (Å²) >= 11 is 2.11. The van der Waals surface area contributed by atoms with Crippen LogP contribution >= 0.6 is 22.6 Å². The fourth-order valence-corrected chi connectivity index (χ4v) is 5.97. The molecule has 226 valence electrons. The Labute approximate surface area is 245 Å². The SMILES string of the molecule is CCCCCCCCCCCCCCCCCCNC(=O)OCC(CNS(=O)(=O)CCCI)OC(=O)NC. The average molecular weight is 676 g/mol. The van der Waals surface area contributed by atoms with E-state index >= 15 is 0 Å². The number of carbonyl (C=O) groups is 2. The first kappa shape index (κ1) is 37.2. The normalized spacial score (nSPS) is 12.2. The molecule has 11 heteroatoms. The number of halogens is 1. The van der Waals surface area contributed by atoms with Gasteiger partial charge in [0.05, 0.1) is 12.3 Å². The molecular formula is C27H54IN3O6S. The molecule has 0 saturated carbocycles. The lowest BCUT2D eigenvalue weighted by atomic mass is 10.0. The van der Waals surface area contributed by atoms with E-state index in [0.29, 0.717) is 13.0 Å². The van der Waals surface area contributed by atoms with Crippen LogP contribution in [-0.2, 0) is 19.5 Å². The highest BCUT2D eigenvalue weighted by Gasteiger charge is 2.19. The zero-order valence-electron chi connectivity index (χ0n) is 23.9. The van der Waals surface area contributed by atoms with Crippen molar-refractivity contribution < 1.29 is 27.5 Å². The number of sulfonamides is 1. The highest BCUT2D eigenvalue weighted by Crippen LogP contribution is 2.13. The molecule has 2 amide bonds. The van der Waals surface area contributed by atoms with Crippen LogP contribution in [0.25, 0.3) is 0 Å². The Morgan fingerprint density at radius 3 is 1.74 bits per heavy atom. The van der Waals surface area contributed by atoms with Crippen LogP contribution in [0.4, 0.5) is 9.59 Å².